The highest BCUT2D eigenvalue weighted by atomic mass is 14.2. The first-order valence-corrected chi connectivity index (χ1v) is 3.86. The fourth-order valence-corrected chi connectivity index (χ4v) is 1.87. The zero-order valence-electron chi connectivity index (χ0n) is 7.36. The smallest absolute Gasteiger partial charge is 0.0132 e. The summed E-state index contributed by atoms with van der Waals surface area (Å²) in [5.41, 5.74) is 3.31. The monoisotopic (exact) mass is 136 g/mol. The van der Waals surface area contributed by atoms with Gasteiger partial charge >= 0.3 is 0 Å². The van der Waals surface area contributed by atoms with Crippen LogP contribution in [0.4, 0.5) is 0 Å². The van der Waals surface area contributed by atoms with E-state index in [-0.39, 0.29) is 0 Å². The lowest BCUT2D eigenvalue weighted by atomic mass is 9.80. The summed E-state index contributed by atoms with van der Waals surface area (Å²) in [5, 5.41) is 0. The topological polar surface area (TPSA) is 0 Å². The second kappa shape index (κ2) is 2.26. The van der Waals surface area contributed by atoms with E-state index in [1.807, 2.05) is 0 Å². The SMILES string of the molecule is CC1=CC(C)(C)CC(C)=C1. The summed E-state index contributed by atoms with van der Waals surface area (Å²) in [7, 11) is 0. The van der Waals surface area contributed by atoms with Gasteiger partial charge in [-0.3, -0.25) is 0 Å². The largest absolute Gasteiger partial charge is 0.0756 e. The Morgan fingerprint density at radius 3 is 2.30 bits per heavy atom. The van der Waals surface area contributed by atoms with Crippen molar-refractivity contribution in [3.63, 3.8) is 0 Å². The summed E-state index contributed by atoms with van der Waals surface area (Å²) in [5.74, 6) is 0. The fraction of sp³-hybridized carbons (Fsp3) is 0.600. The molecule has 0 spiro atoms. The predicted molar refractivity (Wildman–Crippen MR) is 45.9 cm³/mol. The van der Waals surface area contributed by atoms with Gasteiger partial charge in [0.2, 0.25) is 0 Å². The first kappa shape index (κ1) is 7.59. The lowest BCUT2D eigenvalue weighted by molar-refractivity contribution is 0.466. The van der Waals surface area contributed by atoms with Crippen molar-refractivity contribution in [3.8, 4) is 0 Å². The summed E-state index contributed by atoms with van der Waals surface area (Å²) in [6.45, 7) is 8.95. The van der Waals surface area contributed by atoms with Crippen molar-refractivity contribution in [1.82, 2.24) is 0 Å². The lowest BCUT2D eigenvalue weighted by Gasteiger charge is -2.25. The van der Waals surface area contributed by atoms with Crippen LogP contribution in [0.5, 0.6) is 0 Å². The van der Waals surface area contributed by atoms with E-state index in [1.54, 1.807) is 0 Å². The zero-order chi connectivity index (χ0) is 7.78. The third-order valence-corrected chi connectivity index (χ3v) is 1.83. The lowest BCUT2D eigenvalue weighted by Crippen LogP contribution is -2.11. The van der Waals surface area contributed by atoms with Gasteiger partial charge < -0.3 is 0 Å². The molecule has 10 heavy (non-hydrogen) atoms. The molecular formula is C10H16. The molecule has 0 N–H and O–H groups in total. The highest BCUT2D eigenvalue weighted by Gasteiger charge is 2.17. The van der Waals surface area contributed by atoms with Crippen LogP contribution < -0.4 is 0 Å². The molecule has 1 rings (SSSR count). The minimum Gasteiger partial charge on any atom is -0.0756 e. The van der Waals surface area contributed by atoms with Gasteiger partial charge in [-0.05, 0) is 25.7 Å². The number of hydrogen-bond donors (Lipinski definition) is 0. The van der Waals surface area contributed by atoms with E-state index in [9.17, 15) is 0 Å². The molecule has 0 saturated heterocycles. The van der Waals surface area contributed by atoms with Gasteiger partial charge in [-0.25, -0.2) is 0 Å². The molecule has 0 heteroatoms. The van der Waals surface area contributed by atoms with E-state index in [2.05, 4.69) is 39.8 Å². The van der Waals surface area contributed by atoms with E-state index in [4.69, 9.17) is 0 Å². The molecule has 0 aromatic heterocycles. The Balaban J connectivity index is 2.88. The Kier molecular flexibility index (Phi) is 1.72. The van der Waals surface area contributed by atoms with Crippen LogP contribution in [0.3, 0.4) is 0 Å². The van der Waals surface area contributed by atoms with E-state index in [0.29, 0.717) is 5.41 Å². The summed E-state index contributed by atoms with van der Waals surface area (Å²) in [4.78, 5) is 0. The molecule has 0 aromatic rings. The van der Waals surface area contributed by atoms with Crippen LogP contribution in [0, 0.1) is 5.41 Å². The molecule has 0 aromatic carbocycles. The van der Waals surface area contributed by atoms with Crippen LogP contribution in [-0.2, 0) is 0 Å². The van der Waals surface area contributed by atoms with E-state index >= 15 is 0 Å². The van der Waals surface area contributed by atoms with Gasteiger partial charge in [0.1, 0.15) is 0 Å². The Bertz CT molecular complexity index is 192. The third kappa shape index (κ3) is 1.73. The molecule has 0 unspecified atom stereocenters. The summed E-state index contributed by atoms with van der Waals surface area (Å²) in [6, 6.07) is 0. The van der Waals surface area contributed by atoms with Crippen LogP contribution in [0.1, 0.15) is 34.1 Å². The van der Waals surface area contributed by atoms with E-state index in [1.165, 1.54) is 17.6 Å². The highest BCUT2D eigenvalue weighted by Crippen LogP contribution is 2.32. The van der Waals surface area contributed by atoms with E-state index < -0.39 is 0 Å². The van der Waals surface area contributed by atoms with Gasteiger partial charge in [-0.15, -0.1) is 0 Å². The third-order valence-electron chi connectivity index (χ3n) is 1.83. The van der Waals surface area contributed by atoms with Crippen LogP contribution in [-0.4, -0.2) is 0 Å². The molecule has 0 amide bonds. The molecule has 0 saturated carbocycles. The summed E-state index contributed by atoms with van der Waals surface area (Å²) < 4.78 is 0. The summed E-state index contributed by atoms with van der Waals surface area (Å²) >= 11 is 0. The molecule has 1 aliphatic carbocycles. The Morgan fingerprint density at radius 1 is 1.30 bits per heavy atom. The zero-order valence-corrected chi connectivity index (χ0v) is 7.36. The second-order valence-corrected chi connectivity index (χ2v) is 4.04. The Hall–Kier alpha value is -0.520. The van der Waals surface area contributed by atoms with Crippen molar-refractivity contribution in [2.45, 2.75) is 34.1 Å². The average Bonchev–Trinajstić information content (AvgIpc) is 1.54. The van der Waals surface area contributed by atoms with Crippen molar-refractivity contribution in [3.05, 3.63) is 23.3 Å². The Labute approximate surface area is 63.6 Å². The maximum Gasteiger partial charge on any atom is -0.0132 e. The minimum atomic E-state index is 0.392. The van der Waals surface area contributed by atoms with Gasteiger partial charge in [0, 0.05) is 0 Å². The number of rotatable bonds is 0. The van der Waals surface area contributed by atoms with Crippen molar-refractivity contribution in [2.24, 2.45) is 5.41 Å². The van der Waals surface area contributed by atoms with E-state index in [0.717, 1.165) is 0 Å². The van der Waals surface area contributed by atoms with Crippen LogP contribution in [0.15, 0.2) is 23.3 Å². The van der Waals surface area contributed by atoms with Gasteiger partial charge in [0.15, 0.2) is 0 Å². The first-order valence-electron chi connectivity index (χ1n) is 3.86. The second-order valence-electron chi connectivity index (χ2n) is 4.04. The molecule has 0 aliphatic heterocycles. The van der Waals surface area contributed by atoms with Crippen molar-refractivity contribution in [2.75, 3.05) is 0 Å². The average molecular weight is 136 g/mol. The fourth-order valence-electron chi connectivity index (χ4n) is 1.87. The van der Waals surface area contributed by atoms with Crippen molar-refractivity contribution in [1.29, 1.82) is 0 Å². The molecule has 0 bridgehead atoms. The van der Waals surface area contributed by atoms with Crippen molar-refractivity contribution < 1.29 is 0 Å². The summed E-state index contributed by atoms with van der Waals surface area (Å²) in [6.07, 6.45) is 5.83. The minimum absolute atomic E-state index is 0.392. The van der Waals surface area contributed by atoms with Crippen LogP contribution >= 0.6 is 0 Å². The maximum atomic E-state index is 2.35. The molecule has 0 fully saturated rings. The van der Waals surface area contributed by atoms with Crippen LogP contribution in [0.25, 0.3) is 0 Å². The molecule has 0 nitrogen and oxygen atoms in total. The molecule has 0 radical (unpaired) electrons. The van der Waals surface area contributed by atoms with Gasteiger partial charge in [0.25, 0.3) is 0 Å². The standard InChI is InChI=1S/C10H16/c1-8-5-9(2)7-10(3,4)6-8/h5-6H,7H2,1-4H3. The molecule has 0 heterocycles. The molecular weight excluding hydrogens is 120 g/mol. The molecule has 56 valence electrons. The Morgan fingerprint density at radius 2 is 1.90 bits per heavy atom. The van der Waals surface area contributed by atoms with Crippen LogP contribution in [0.2, 0.25) is 0 Å². The number of allylic oxidation sites excluding steroid dienone is 4. The van der Waals surface area contributed by atoms with Gasteiger partial charge in [-0.2, -0.15) is 0 Å². The highest BCUT2D eigenvalue weighted by molar-refractivity contribution is 5.28. The van der Waals surface area contributed by atoms with Gasteiger partial charge in [-0.1, -0.05) is 37.1 Å². The normalized spacial score (nSPS) is 23.6. The van der Waals surface area contributed by atoms with Gasteiger partial charge in [0.05, 0.1) is 0 Å². The predicted octanol–water partition coefficient (Wildman–Crippen LogP) is 3.31. The maximum absolute atomic E-state index is 2.35. The van der Waals surface area contributed by atoms with Crippen molar-refractivity contribution >= 4 is 0 Å². The first-order chi connectivity index (χ1) is 4.49. The molecule has 1 aliphatic rings. The molecule has 0 atom stereocenters. The number of hydrogen-bond acceptors (Lipinski definition) is 0. The quantitative estimate of drug-likeness (QED) is 0.479.